The van der Waals surface area contributed by atoms with Crippen LogP contribution in [0.2, 0.25) is 0 Å². The number of aliphatic hydroxyl groups is 1. The fraction of sp³-hybridized carbons (Fsp3) is 0.611. The molecule has 0 unspecified atom stereocenters. The van der Waals surface area contributed by atoms with Gasteiger partial charge in [0.25, 0.3) is 0 Å². The lowest BCUT2D eigenvalue weighted by Crippen LogP contribution is -2.50. The number of carbonyl (C=O) groups is 1. The van der Waals surface area contributed by atoms with Gasteiger partial charge < -0.3 is 20.1 Å². The van der Waals surface area contributed by atoms with Gasteiger partial charge in [-0.3, -0.25) is 4.90 Å². The third-order valence-corrected chi connectivity index (χ3v) is 3.56. The lowest BCUT2D eigenvalue weighted by Gasteiger charge is -2.34. The molecule has 2 rings (SSSR count). The van der Waals surface area contributed by atoms with E-state index in [0.29, 0.717) is 26.2 Å². The molecule has 1 amide bonds. The van der Waals surface area contributed by atoms with Crippen molar-refractivity contribution in [1.82, 2.24) is 9.80 Å². The predicted molar refractivity (Wildman–Crippen MR) is 97.2 cm³/mol. The Balaban J connectivity index is 0.000000272. The fourth-order valence-electron chi connectivity index (χ4n) is 2.12. The van der Waals surface area contributed by atoms with E-state index < -0.39 is 5.60 Å². The van der Waals surface area contributed by atoms with E-state index in [1.807, 2.05) is 32.7 Å². The van der Waals surface area contributed by atoms with Crippen LogP contribution in [0.3, 0.4) is 0 Å². The Morgan fingerprint density at radius 2 is 1.71 bits per heavy atom. The molecule has 1 aliphatic heterocycles. The highest BCUT2D eigenvalue weighted by Gasteiger charge is 2.25. The molecule has 1 aliphatic rings. The molecule has 0 radical (unpaired) electrons. The number of amides is 1. The second-order valence-electron chi connectivity index (χ2n) is 6.84. The quantitative estimate of drug-likeness (QED) is 0.868. The van der Waals surface area contributed by atoms with E-state index >= 15 is 0 Å². The maximum absolute atomic E-state index is 11.6. The second kappa shape index (κ2) is 9.49. The molecule has 0 saturated carbocycles. The second-order valence-corrected chi connectivity index (χ2v) is 6.84. The van der Waals surface area contributed by atoms with E-state index in [0.717, 1.165) is 0 Å². The van der Waals surface area contributed by atoms with Crippen molar-refractivity contribution in [2.24, 2.45) is 0 Å². The number of ether oxygens (including phenoxy) is 1. The summed E-state index contributed by atoms with van der Waals surface area (Å²) in [6, 6.07) is 8.31. The molecule has 0 bridgehead atoms. The van der Waals surface area contributed by atoms with Crippen molar-refractivity contribution in [2.45, 2.75) is 33.3 Å². The molecule has 1 heterocycles. The number of nitrogens with zero attached hydrogens (tertiary/aromatic N) is 2. The van der Waals surface area contributed by atoms with Crippen LogP contribution < -0.4 is 5.32 Å². The van der Waals surface area contributed by atoms with E-state index in [4.69, 9.17) is 9.84 Å². The van der Waals surface area contributed by atoms with Crippen LogP contribution in [0, 0.1) is 6.92 Å². The van der Waals surface area contributed by atoms with Crippen LogP contribution in [0.5, 0.6) is 0 Å². The first-order valence-electron chi connectivity index (χ1n) is 8.30. The Hall–Kier alpha value is -1.79. The average Bonchev–Trinajstić information content (AvgIpc) is 2.55. The summed E-state index contributed by atoms with van der Waals surface area (Å²) in [5.41, 5.74) is 2.03. The van der Waals surface area contributed by atoms with Gasteiger partial charge in [-0.2, -0.15) is 0 Å². The molecule has 2 N–H and O–H groups in total. The minimum Gasteiger partial charge on any atom is -0.444 e. The highest BCUT2D eigenvalue weighted by molar-refractivity contribution is 5.68. The number of aliphatic hydroxyl groups excluding tert-OH is 1. The molecule has 136 valence electrons. The van der Waals surface area contributed by atoms with E-state index in [9.17, 15) is 4.79 Å². The zero-order valence-corrected chi connectivity index (χ0v) is 15.5. The summed E-state index contributed by atoms with van der Waals surface area (Å²) in [5.74, 6) is 0. The Morgan fingerprint density at radius 1 is 1.17 bits per heavy atom. The zero-order valence-electron chi connectivity index (χ0n) is 15.5. The average molecular weight is 337 g/mol. The van der Waals surface area contributed by atoms with Gasteiger partial charge in [0.1, 0.15) is 5.60 Å². The van der Waals surface area contributed by atoms with Crippen molar-refractivity contribution >= 4 is 11.8 Å². The molecule has 0 spiro atoms. The molecule has 0 atom stereocenters. The summed E-state index contributed by atoms with van der Waals surface area (Å²) in [6.07, 6.45) is -0.264. The first kappa shape index (κ1) is 20.3. The van der Waals surface area contributed by atoms with Crippen molar-refractivity contribution in [3.05, 3.63) is 29.8 Å². The van der Waals surface area contributed by atoms with Gasteiger partial charge in [-0.1, -0.05) is 17.7 Å². The van der Waals surface area contributed by atoms with Crippen LogP contribution in [-0.2, 0) is 4.74 Å². The molecule has 1 saturated heterocycles. The predicted octanol–water partition coefficient (Wildman–Crippen LogP) is 2.53. The van der Waals surface area contributed by atoms with Gasteiger partial charge in [-0.15, -0.1) is 0 Å². The number of anilines is 1. The summed E-state index contributed by atoms with van der Waals surface area (Å²) in [7, 11) is 1.92. The summed E-state index contributed by atoms with van der Waals surface area (Å²) in [6.45, 7) is 10.4. The van der Waals surface area contributed by atoms with Crippen LogP contribution in [0.15, 0.2) is 24.3 Å². The monoisotopic (exact) mass is 337 g/mol. The van der Waals surface area contributed by atoms with Gasteiger partial charge in [0, 0.05) is 38.9 Å². The number of rotatable bonds is 2. The lowest BCUT2D eigenvalue weighted by atomic mass is 10.2. The number of benzene rings is 1. The van der Waals surface area contributed by atoms with Gasteiger partial charge >= 0.3 is 6.09 Å². The van der Waals surface area contributed by atoms with Crippen LogP contribution in [0.4, 0.5) is 10.5 Å². The van der Waals surface area contributed by atoms with E-state index in [-0.39, 0.29) is 12.8 Å². The summed E-state index contributed by atoms with van der Waals surface area (Å²) >= 11 is 0. The number of hydrogen-bond acceptors (Lipinski definition) is 5. The van der Waals surface area contributed by atoms with Gasteiger partial charge in [-0.05, 0) is 39.8 Å². The third-order valence-electron chi connectivity index (χ3n) is 3.56. The number of piperazine rings is 1. The molecule has 6 heteroatoms. The van der Waals surface area contributed by atoms with Crippen LogP contribution in [0.25, 0.3) is 0 Å². The zero-order chi connectivity index (χ0) is 18.2. The van der Waals surface area contributed by atoms with Crippen molar-refractivity contribution in [2.75, 3.05) is 45.3 Å². The Labute approximate surface area is 145 Å². The molecule has 0 aliphatic carbocycles. The first-order valence-corrected chi connectivity index (χ1v) is 8.30. The molecule has 1 aromatic rings. The normalized spacial score (nSPS) is 15.3. The van der Waals surface area contributed by atoms with Crippen LogP contribution in [0.1, 0.15) is 26.3 Å². The first-order chi connectivity index (χ1) is 11.2. The Kier molecular flexibility index (Phi) is 8.01. The number of nitrogens with one attached hydrogen (secondary N) is 1. The minimum atomic E-state index is -0.439. The fourth-order valence-corrected chi connectivity index (χ4v) is 2.12. The van der Waals surface area contributed by atoms with Gasteiger partial charge in [-0.25, -0.2) is 4.79 Å². The summed E-state index contributed by atoms with van der Waals surface area (Å²) in [5, 5.41) is 11.9. The van der Waals surface area contributed by atoms with Gasteiger partial charge in [0.2, 0.25) is 0 Å². The van der Waals surface area contributed by atoms with E-state index in [1.54, 1.807) is 4.90 Å². The topological polar surface area (TPSA) is 65.0 Å². The molecule has 24 heavy (non-hydrogen) atoms. The largest absolute Gasteiger partial charge is 0.444 e. The van der Waals surface area contributed by atoms with Gasteiger partial charge in [0.05, 0.1) is 6.73 Å². The Bertz CT molecular complexity index is 489. The van der Waals surface area contributed by atoms with Crippen molar-refractivity contribution in [3.8, 4) is 0 Å². The lowest BCUT2D eigenvalue weighted by molar-refractivity contribution is 0.00425. The Morgan fingerprint density at radius 3 is 2.12 bits per heavy atom. The molecular formula is C18H31N3O3. The maximum atomic E-state index is 11.6. The maximum Gasteiger partial charge on any atom is 0.410 e. The van der Waals surface area contributed by atoms with Crippen molar-refractivity contribution < 1.29 is 14.6 Å². The van der Waals surface area contributed by atoms with E-state index in [1.165, 1.54) is 11.3 Å². The smallest absolute Gasteiger partial charge is 0.410 e. The van der Waals surface area contributed by atoms with Crippen molar-refractivity contribution in [1.29, 1.82) is 0 Å². The highest BCUT2D eigenvalue weighted by atomic mass is 16.6. The molecule has 1 aromatic carbocycles. The van der Waals surface area contributed by atoms with Gasteiger partial charge in [0.15, 0.2) is 0 Å². The molecule has 0 aromatic heterocycles. The summed E-state index contributed by atoms with van der Waals surface area (Å²) < 4.78 is 5.25. The third kappa shape index (κ3) is 7.66. The van der Waals surface area contributed by atoms with Crippen molar-refractivity contribution in [3.63, 3.8) is 0 Å². The van der Waals surface area contributed by atoms with Crippen LogP contribution in [-0.4, -0.2) is 66.6 Å². The highest BCUT2D eigenvalue weighted by Crippen LogP contribution is 2.11. The molecular weight excluding hydrogens is 306 g/mol. The minimum absolute atomic E-state index is 0.0577. The van der Waals surface area contributed by atoms with E-state index in [2.05, 4.69) is 36.5 Å². The number of carbonyl (C=O) groups excluding carboxylic acids is 1. The molecule has 1 fully saturated rings. The summed E-state index contributed by atoms with van der Waals surface area (Å²) in [4.78, 5) is 15.2. The number of aryl methyl sites for hydroxylation is 1. The standard InChI is InChI=1S/C10H20N2O3.C8H11N/c1-10(2,3)15-9(14)12-6-4-11(8-13)5-7-12;1-7-3-5-8(9-2)6-4-7/h13H,4-8H2,1-3H3;3-6,9H,1-2H3. The molecule has 6 nitrogen and oxygen atoms in total. The SMILES string of the molecule is CC(C)(C)OC(=O)N1CCN(CO)CC1.CNc1ccc(C)cc1. The van der Waals surface area contributed by atoms with Crippen LogP contribution >= 0.6 is 0 Å². The number of hydrogen-bond donors (Lipinski definition) is 2.